The Morgan fingerprint density at radius 1 is 1.50 bits per heavy atom. The van der Waals surface area contributed by atoms with Gasteiger partial charge in [-0.1, -0.05) is 12.2 Å². The molecule has 2 heteroatoms. The van der Waals surface area contributed by atoms with Crippen LogP contribution in [0.4, 0.5) is 0 Å². The fraction of sp³-hybridized carbons (Fsp3) is 0.833. The SMILES string of the molecule is C=C(C)CN1CC(C2CC2)NCC1C. The summed E-state index contributed by atoms with van der Waals surface area (Å²) in [6.45, 7) is 11.9. The van der Waals surface area contributed by atoms with E-state index in [1.54, 1.807) is 0 Å². The summed E-state index contributed by atoms with van der Waals surface area (Å²) in [5, 5.41) is 3.66. The fourth-order valence-electron chi connectivity index (χ4n) is 2.33. The summed E-state index contributed by atoms with van der Waals surface area (Å²) in [6, 6.07) is 1.42. The summed E-state index contributed by atoms with van der Waals surface area (Å²) < 4.78 is 0. The largest absolute Gasteiger partial charge is 0.311 e. The molecule has 1 aliphatic heterocycles. The molecule has 0 radical (unpaired) electrons. The summed E-state index contributed by atoms with van der Waals surface area (Å²) in [6.07, 6.45) is 2.87. The molecular weight excluding hydrogens is 172 g/mol. The van der Waals surface area contributed by atoms with Crippen molar-refractivity contribution in [3.05, 3.63) is 12.2 Å². The number of nitrogens with one attached hydrogen (secondary N) is 1. The smallest absolute Gasteiger partial charge is 0.0224 e. The van der Waals surface area contributed by atoms with Crippen LogP contribution in [0.3, 0.4) is 0 Å². The van der Waals surface area contributed by atoms with Gasteiger partial charge in [0.2, 0.25) is 0 Å². The zero-order valence-electron chi connectivity index (χ0n) is 9.42. The van der Waals surface area contributed by atoms with Gasteiger partial charge in [-0.05, 0) is 32.6 Å². The van der Waals surface area contributed by atoms with Crippen molar-refractivity contribution in [2.45, 2.75) is 38.8 Å². The number of rotatable bonds is 3. The Morgan fingerprint density at radius 3 is 2.79 bits per heavy atom. The maximum atomic E-state index is 4.01. The molecule has 2 nitrogen and oxygen atoms in total. The summed E-state index contributed by atoms with van der Waals surface area (Å²) >= 11 is 0. The van der Waals surface area contributed by atoms with E-state index in [0.717, 1.165) is 25.0 Å². The van der Waals surface area contributed by atoms with Crippen LogP contribution >= 0.6 is 0 Å². The third-order valence-corrected chi connectivity index (χ3v) is 3.39. The predicted molar refractivity (Wildman–Crippen MR) is 60.4 cm³/mol. The molecular formula is C12H22N2. The van der Waals surface area contributed by atoms with E-state index in [4.69, 9.17) is 0 Å². The lowest BCUT2D eigenvalue weighted by Gasteiger charge is -2.39. The second-order valence-electron chi connectivity index (χ2n) is 5.09. The number of nitrogens with zero attached hydrogens (tertiary/aromatic N) is 1. The lowest BCUT2D eigenvalue weighted by Crippen LogP contribution is -2.56. The third kappa shape index (κ3) is 2.37. The van der Waals surface area contributed by atoms with Gasteiger partial charge in [-0.2, -0.15) is 0 Å². The molecule has 2 unspecified atom stereocenters. The molecule has 0 aromatic rings. The van der Waals surface area contributed by atoms with Crippen LogP contribution in [-0.4, -0.2) is 36.6 Å². The molecule has 0 amide bonds. The lowest BCUT2D eigenvalue weighted by atomic mass is 10.1. The van der Waals surface area contributed by atoms with Crippen molar-refractivity contribution < 1.29 is 0 Å². The molecule has 2 fully saturated rings. The lowest BCUT2D eigenvalue weighted by molar-refractivity contribution is 0.144. The van der Waals surface area contributed by atoms with Crippen LogP contribution in [0.25, 0.3) is 0 Å². The van der Waals surface area contributed by atoms with Crippen molar-refractivity contribution >= 4 is 0 Å². The first-order valence-corrected chi connectivity index (χ1v) is 5.78. The fourth-order valence-corrected chi connectivity index (χ4v) is 2.33. The Morgan fingerprint density at radius 2 is 2.21 bits per heavy atom. The van der Waals surface area contributed by atoms with E-state index >= 15 is 0 Å². The molecule has 1 saturated carbocycles. The van der Waals surface area contributed by atoms with Crippen molar-refractivity contribution in [3.8, 4) is 0 Å². The highest BCUT2D eigenvalue weighted by atomic mass is 15.2. The second-order valence-corrected chi connectivity index (χ2v) is 5.09. The first kappa shape index (κ1) is 10.2. The summed E-state index contributed by atoms with van der Waals surface area (Å²) in [5.41, 5.74) is 1.29. The van der Waals surface area contributed by atoms with Gasteiger partial charge in [0.25, 0.3) is 0 Å². The van der Waals surface area contributed by atoms with Crippen LogP contribution < -0.4 is 5.32 Å². The quantitative estimate of drug-likeness (QED) is 0.687. The molecule has 14 heavy (non-hydrogen) atoms. The molecule has 1 N–H and O–H groups in total. The standard InChI is InChI=1S/C12H22N2/c1-9(2)7-14-8-12(11-4-5-11)13-6-10(14)3/h10-13H,1,4-8H2,2-3H3. The number of piperazine rings is 1. The van der Waals surface area contributed by atoms with E-state index in [0.29, 0.717) is 6.04 Å². The van der Waals surface area contributed by atoms with Crippen molar-refractivity contribution in [2.75, 3.05) is 19.6 Å². The van der Waals surface area contributed by atoms with E-state index in [-0.39, 0.29) is 0 Å². The highest BCUT2D eigenvalue weighted by Gasteiger charge is 2.35. The van der Waals surface area contributed by atoms with Gasteiger partial charge in [0, 0.05) is 31.7 Å². The molecule has 0 aromatic carbocycles. The van der Waals surface area contributed by atoms with Crippen LogP contribution in [-0.2, 0) is 0 Å². The predicted octanol–water partition coefficient (Wildman–Crippen LogP) is 1.63. The Hall–Kier alpha value is -0.340. The molecule has 0 bridgehead atoms. The van der Waals surface area contributed by atoms with Gasteiger partial charge in [-0.3, -0.25) is 4.90 Å². The van der Waals surface area contributed by atoms with Crippen molar-refractivity contribution in [2.24, 2.45) is 5.92 Å². The summed E-state index contributed by atoms with van der Waals surface area (Å²) in [7, 11) is 0. The maximum absolute atomic E-state index is 4.01. The average Bonchev–Trinajstić information content (AvgIpc) is 2.91. The molecule has 2 aliphatic rings. The topological polar surface area (TPSA) is 15.3 Å². The molecule has 80 valence electrons. The minimum Gasteiger partial charge on any atom is -0.311 e. The zero-order chi connectivity index (χ0) is 10.1. The van der Waals surface area contributed by atoms with E-state index < -0.39 is 0 Å². The Balaban J connectivity index is 1.88. The van der Waals surface area contributed by atoms with Crippen molar-refractivity contribution in [1.82, 2.24) is 10.2 Å². The van der Waals surface area contributed by atoms with E-state index in [1.807, 2.05) is 0 Å². The van der Waals surface area contributed by atoms with Crippen LogP contribution in [0.1, 0.15) is 26.7 Å². The van der Waals surface area contributed by atoms with Gasteiger partial charge < -0.3 is 5.32 Å². The minimum atomic E-state index is 0.668. The van der Waals surface area contributed by atoms with E-state index in [1.165, 1.54) is 25.0 Å². The number of hydrogen-bond acceptors (Lipinski definition) is 2. The molecule has 2 atom stereocenters. The van der Waals surface area contributed by atoms with Crippen LogP contribution in [0.5, 0.6) is 0 Å². The van der Waals surface area contributed by atoms with Crippen LogP contribution in [0.2, 0.25) is 0 Å². The molecule has 2 rings (SSSR count). The molecule has 1 saturated heterocycles. The Kier molecular flexibility index (Phi) is 2.93. The first-order chi connectivity index (χ1) is 6.66. The normalized spacial score (nSPS) is 34.4. The average molecular weight is 194 g/mol. The Bertz CT molecular complexity index is 220. The maximum Gasteiger partial charge on any atom is 0.0224 e. The van der Waals surface area contributed by atoms with Crippen molar-refractivity contribution in [3.63, 3.8) is 0 Å². The monoisotopic (exact) mass is 194 g/mol. The van der Waals surface area contributed by atoms with E-state index in [9.17, 15) is 0 Å². The summed E-state index contributed by atoms with van der Waals surface area (Å²) in [4.78, 5) is 2.57. The Labute approximate surface area is 87.4 Å². The first-order valence-electron chi connectivity index (χ1n) is 5.78. The molecule has 1 heterocycles. The minimum absolute atomic E-state index is 0.668. The van der Waals surface area contributed by atoms with E-state index in [2.05, 4.69) is 30.6 Å². The van der Waals surface area contributed by atoms with Gasteiger partial charge in [0.05, 0.1) is 0 Å². The van der Waals surface area contributed by atoms with Gasteiger partial charge in [0.1, 0.15) is 0 Å². The molecule has 0 spiro atoms. The van der Waals surface area contributed by atoms with Crippen LogP contribution in [0, 0.1) is 5.92 Å². The highest BCUT2D eigenvalue weighted by Crippen LogP contribution is 2.34. The van der Waals surface area contributed by atoms with Crippen LogP contribution in [0.15, 0.2) is 12.2 Å². The van der Waals surface area contributed by atoms with Crippen molar-refractivity contribution in [1.29, 1.82) is 0 Å². The van der Waals surface area contributed by atoms with Gasteiger partial charge >= 0.3 is 0 Å². The molecule has 1 aliphatic carbocycles. The number of hydrogen-bond donors (Lipinski definition) is 1. The van der Waals surface area contributed by atoms with Gasteiger partial charge in [-0.25, -0.2) is 0 Å². The zero-order valence-corrected chi connectivity index (χ0v) is 9.42. The summed E-state index contributed by atoms with van der Waals surface area (Å²) in [5.74, 6) is 0.968. The van der Waals surface area contributed by atoms with Gasteiger partial charge in [-0.15, -0.1) is 0 Å². The van der Waals surface area contributed by atoms with Gasteiger partial charge in [0.15, 0.2) is 0 Å². The molecule has 0 aromatic heterocycles. The second kappa shape index (κ2) is 4.03. The third-order valence-electron chi connectivity index (χ3n) is 3.39. The highest BCUT2D eigenvalue weighted by molar-refractivity contribution is 4.99.